The van der Waals surface area contributed by atoms with Gasteiger partial charge in [0, 0.05) is 30.6 Å². The lowest BCUT2D eigenvalue weighted by molar-refractivity contribution is -0.147. The van der Waals surface area contributed by atoms with Crippen molar-refractivity contribution in [3.8, 4) is 0 Å². The van der Waals surface area contributed by atoms with Gasteiger partial charge in [-0.2, -0.15) is 11.8 Å². The summed E-state index contributed by atoms with van der Waals surface area (Å²) < 4.78 is 0. The molecule has 0 bridgehead atoms. The molecule has 108 valence electrons. The largest absolute Gasteiger partial charge is 0.480 e. The fourth-order valence-electron chi connectivity index (χ4n) is 2.80. The van der Waals surface area contributed by atoms with Gasteiger partial charge in [0.05, 0.1) is 0 Å². The van der Waals surface area contributed by atoms with Gasteiger partial charge >= 0.3 is 12.0 Å². The van der Waals surface area contributed by atoms with Crippen molar-refractivity contribution in [2.24, 2.45) is 0 Å². The average molecular weight is 286 g/mol. The molecule has 2 atom stereocenters. The lowest BCUT2D eigenvalue weighted by Crippen LogP contribution is -2.57. The molecule has 6 heteroatoms. The second kappa shape index (κ2) is 5.61. The zero-order valence-electron chi connectivity index (χ0n) is 11.6. The Hall–Kier alpha value is -0.910. The molecule has 0 spiro atoms. The van der Waals surface area contributed by atoms with Crippen molar-refractivity contribution in [2.75, 3.05) is 25.4 Å². The highest BCUT2D eigenvalue weighted by molar-refractivity contribution is 8.00. The summed E-state index contributed by atoms with van der Waals surface area (Å²) in [5.41, 5.74) is -1.02. The third kappa shape index (κ3) is 2.68. The van der Waals surface area contributed by atoms with Gasteiger partial charge in [-0.3, -0.25) is 0 Å². The van der Waals surface area contributed by atoms with Crippen LogP contribution in [0.25, 0.3) is 0 Å². The second-order valence-corrected chi connectivity index (χ2v) is 6.87. The number of likely N-dealkylation sites (tertiary alicyclic amines) is 1. The fourth-order valence-corrected chi connectivity index (χ4v) is 3.98. The summed E-state index contributed by atoms with van der Waals surface area (Å²) in [6.07, 6.45) is 2.37. The minimum absolute atomic E-state index is 0.0962. The summed E-state index contributed by atoms with van der Waals surface area (Å²) in [6, 6.07) is -0.0962. The number of carbonyl (C=O) groups excluding carboxylic acids is 1. The Bertz CT molecular complexity index is 377. The number of urea groups is 1. The Kier molecular flexibility index (Phi) is 4.28. The van der Waals surface area contributed by atoms with Gasteiger partial charge in [-0.15, -0.1) is 0 Å². The Morgan fingerprint density at radius 3 is 2.79 bits per heavy atom. The van der Waals surface area contributed by atoms with Gasteiger partial charge in [0.1, 0.15) is 5.54 Å². The number of nitrogens with zero attached hydrogens (tertiary/aromatic N) is 2. The first-order chi connectivity index (χ1) is 8.99. The van der Waals surface area contributed by atoms with Crippen molar-refractivity contribution in [1.82, 2.24) is 9.80 Å². The van der Waals surface area contributed by atoms with E-state index in [0.717, 1.165) is 31.7 Å². The molecule has 0 aromatic rings. The van der Waals surface area contributed by atoms with Crippen LogP contribution in [0.1, 0.15) is 33.1 Å². The van der Waals surface area contributed by atoms with Crippen LogP contribution in [0.2, 0.25) is 0 Å². The third-order valence-corrected chi connectivity index (χ3v) is 5.57. The van der Waals surface area contributed by atoms with Crippen LogP contribution in [0.4, 0.5) is 4.79 Å². The van der Waals surface area contributed by atoms with E-state index in [0.29, 0.717) is 18.2 Å². The van der Waals surface area contributed by atoms with Crippen LogP contribution >= 0.6 is 11.8 Å². The van der Waals surface area contributed by atoms with Gasteiger partial charge in [-0.1, -0.05) is 6.92 Å². The average Bonchev–Trinajstić information content (AvgIpc) is 2.81. The predicted molar refractivity (Wildman–Crippen MR) is 75.5 cm³/mol. The van der Waals surface area contributed by atoms with Crippen LogP contribution in [0, 0.1) is 0 Å². The van der Waals surface area contributed by atoms with Crippen molar-refractivity contribution in [3.05, 3.63) is 0 Å². The number of carboxylic acid groups (broad SMARTS) is 1. The second-order valence-electron chi connectivity index (χ2n) is 5.46. The van der Waals surface area contributed by atoms with E-state index in [1.807, 2.05) is 16.7 Å². The van der Waals surface area contributed by atoms with Crippen LogP contribution in [0.15, 0.2) is 0 Å². The zero-order chi connectivity index (χ0) is 14.0. The molecule has 0 saturated carbocycles. The van der Waals surface area contributed by atoms with E-state index in [4.69, 9.17) is 0 Å². The zero-order valence-corrected chi connectivity index (χ0v) is 12.4. The molecule has 0 radical (unpaired) electrons. The number of carbonyl (C=O) groups is 2. The van der Waals surface area contributed by atoms with Crippen molar-refractivity contribution >= 4 is 23.8 Å². The van der Waals surface area contributed by atoms with Crippen molar-refractivity contribution in [1.29, 1.82) is 0 Å². The van der Waals surface area contributed by atoms with Crippen LogP contribution in [0.5, 0.6) is 0 Å². The number of carboxylic acids is 1. The van der Waals surface area contributed by atoms with Gasteiger partial charge in [0.15, 0.2) is 0 Å². The SMILES string of the molecule is CCC1CN(C(=O)N2CCCC2(C)C(=O)O)CCS1. The molecule has 2 aliphatic rings. The molecule has 5 nitrogen and oxygen atoms in total. The Morgan fingerprint density at radius 2 is 2.16 bits per heavy atom. The van der Waals surface area contributed by atoms with E-state index in [1.54, 1.807) is 11.8 Å². The van der Waals surface area contributed by atoms with Crippen LogP contribution < -0.4 is 0 Å². The molecule has 19 heavy (non-hydrogen) atoms. The third-order valence-electron chi connectivity index (χ3n) is 4.20. The van der Waals surface area contributed by atoms with E-state index in [-0.39, 0.29) is 6.03 Å². The highest BCUT2D eigenvalue weighted by atomic mass is 32.2. The number of amides is 2. The number of rotatable bonds is 2. The summed E-state index contributed by atoms with van der Waals surface area (Å²) in [4.78, 5) is 27.4. The van der Waals surface area contributed by atoms with Crippen molar-refractivity contribution in [3.63, 3.8) is 0 Å². The molecule has 2 fully saturated rings. The Morgan fingerprint density at radius 1 is 1.42 bits per heavy atom. The van der Waals surface area contributed by atoms with E-state index in [9.17, 15) is 14.7 Å². The minimum Gasteiger partial charge on any atom is -0.480 e. The quantitative estimate of drug-likeness (QED) is 0.842. The van der Waals surface area contributed by atoms with E-state index in [2.05, 4.69) is 6.92 Å². The number of hydrogen-bond acceptors (Lipinski definition) is 3. The summed E-state index contributed by atoms with van der Waals surface area (Å²) in [6.45, 7) is 5.82. The topological polar surface area (TPSA) is 60.9 Å². The fraction of sp³-hybridized carbons (Fsp3) is 0.846. The monoisotopic (exact) mass is 286 g/mol. The Labute approximate surface area is 118 Å². The van der Waals surface area contributed by atoms with E-state index >= 15 is 0 Å². The molecule has 2 heterocycles. The van der Waals surface area contributed by atoms with Crippen LogP contribution in [-0.4, -0.2) is 63.1 Å². The summed E-state index contributed by atoms with van der Waals surface area (Å²) >= 11 is 1.90. The lowest BCUT2D eigenvalue weighted by atomic mass is 10.00. The van der Waals surface area contributed by atoms with Gasteiger partial charge < -0.3 is 14.9 Å². The molecule has 1 N–H and O–H groups in total. The molecular weight excluding hydrogens is 264 g/mol. The van der Waals surface area contributed by atoms with Crippen LogP contribution in [-0.2, 0) is 4.79 Å². The van der Waals surface area contributed by atoms with E-state index in [1.165, 1.54) is 0 Å². The molecule has 2 unspecified atom stereocenters. The maximum Gasteiger partial charge on any atom is 0.329 e. The Balaban J connectivity index is 2.08. The maximum absolute atomic E-state index is 12.6. The summed E-state index contributed by atoms with van der Waals surface area (Å²) in [5, 5.41) is 9.85. The maximum atomic E-state index is 12.6. The number of aliphatic carboxylic acids is 1. The first-order valence-electron chi connectivity index (χ1n) is 6.90. The molecule has 2 rings (SSSR count). The molecule has 0 aliphatic carbocycles. The smallest absolute Gasteiger partial charge is 0.329 e. The summed E-state index contributed by atoms with van der Waals surface area (Å²) in [7, 11) is 0. The van der Waals surface area contributed by atoms with Crippen molar-refractivity contribution < 1.29 is 14.7 Å². The van der Waals surface area contributed by atoms with Gasteiger partial charge in [-0.05, 0) is 26.2 Å². The molecule has 2 amide bonds. The molecule has 2 saturated heterocycles. The molecule has 2 aliphatic heterocycles. The molecular formula is C13H22N2O3S. The number of thioether (sulfide) groups is 1. The van der Waals surface area contributed by atoms with Gasteiger partial charge in [-0.25, -0.2) is 9.59 Å². The van der Waals surface area contributed by atoms with Crippen LogP contribution in [0.3, 0.4) is 0 Å². The van der Waals surface area contributed by atoms with E-state index < -0.39 is 11.5 Å². The number of hydrogen-bond donors (Lipinski definition) is 1. The highest BCUT2D eigenvalue weighted by Gasteiger charge is 2.47. The van der Waals surface area contributed by atoms with Gasteiger partial charge in [0.25, 0.3) is 0 Å². The first kappa shape index (κ1) is 14.5. The lowest BCUT2D eigenvalue weighted by Gasteiger charge is -2.39. The molecule has 0 aromatic carbocycles. The minimum atomic E-state index is -1.02. The predicted octanol–water partition coefficient (Wildman–Crippen LogP) is 1.87. The first-order valence-corrected chi connectivity index (χ1v) is 7.95. The normalized spacial score (nSPS) is 31.6. The highest BCUT2D eigenvalue weighted by Crippen LogP contribution is 2.31. The van der Waals surface area contributed by atoms with Crippen molar-refractivity contribution in [2.45, 2.75) is 43.9 Å². The molecule has 0 aromatic heterocycles. The summed E-state index contributed by atoms with van der Waals surface area (Å²) in [5.74, 6) is 0.0544. The van der Waals surface area contributed by atoms with Gasteiger partial charge in [0.2, 0.25) is 0 Å². The standard InChI is InChI=1S/C13H22N2O3S/c1-3-10-9-14(7-8-19-10)12(18)15-6-4-5-13(15,2)11(16)17/h10H,3-9H2,1-2H3,(H,16,17).